The SMILES string of the molecule is c1ccc(-c2ccccc2-c2ccc(N(c3ccc(-c4ccccc4-c4ccccc4-c4ccccc4)cc3)c3cccc(-c4cc5ccccc5o4)c3)cc2)cc1. The lowest BCUT2D eigenvalue weighted by molar-refractivity contribution is 0.631. The summed E-state index contributed by atoms with van der Waals surface area (Å²) in [5, 5.41) is 1.09. The molecular weight excluding hydrogens is 703 g/mol. The molecule has 0 radical (unpaired) electrons. The van der Waals surface area contributed by atoms with E-state index in [1.165, 1.54) is 50.1 Å². The Kier molecular flexibility index (Phi) is 9.27. The molecule has 0 saturated carbocycles. The summed E-state index contributed by atoms with van der Waals surface area (Å²) < 4.78 is 6.34. The minimum Gasteiger partial charge on any atom is -0.456 e. The van der Waals surface area contributed by atoms with Crippen LogP contribution in [-0.4, -0.2) is 0 Å². The van der Waals surface area contributed by atoms with Crippen LogP contribution in [0.2, 0.25) is 0 Å². The van der Waals surface area contributed by atoms with Crippen LogP contribution in [0.5, 0.6) is 0 Å². The number of nitrogens with zero attached hydrogens (tertiary/aromatic N) is 1. The van der Waals surface area contributed by atoms with Crippen molar-refractivity contribution >= 4 is 28.0 Å². The smallest absolute Gasteiger partial charge is 0.135 e. The first-order valence-corrected chi connectivity index (χ1v) is 19.8. The van der Waals surface area contributed by atoms with E-state index in [1.54, 1.807) is 0 Å². The van der Waals surface area contributed by atoms with E-state index in [2.05, 4.69) is 223 Å². The second-order valence-electron chi connectivity index (χ2n) is 14.5. The van der Waals surface area contributed by atoms with E-state index in [0.717, 1.165) is 44.9 Å². The molecule has 2 heteroatoms. The third kappa shape index (κ3) is 6.78. The predicted molar refractivity (Wildman–Crippen MR) is 244 cm³/mol. The second-order valence-corrected chi connectivity index (χ2v) is 14.5. The van der Waals surface area contributed by atoms with Gasteiger partial charge in [-0.15, -0.1) is 0 Å². The van der Waals surface area contributed by atoms with Gasteiger partial charge in [-0.2, -0.15) is 0 Å². The van der Waals surface area contributed by atoms with E-state index in [9.17, 15) is 0 Å². The highest BCUT2D eigenvalue weighted by Crippen LogP contribution is 2.42. The highest BCUT2D eigenvalue weighted by molar-refractivity contribution is 5.93. The molecule has 0 bridgehead atoms. The predicted octanol–water partition coefficient (Wildman–Crippen LogP) is 15.9. The van der Waals surface area contributed by atoms with Crippen molar-refractivity contribution in [2.45, 2.75) is 0 Å². The fourth-order valence-electron chi connectivity index (χ4n) is 8.11. The first-order valence-electron chi connectivity index (χ1n) is 19.8. The third-order valence-corrected chi connectivity index (χ3v) is 10.9. The van der Waals surface area contributed by atoms with Gasteiger partial charge in [-0.3, -0.25) is 0 Å². The van der Waals surface area contributed by atoms with Crippen molar-refractivity contribution in [2.75, 3.05) is 4.90 Å². The summed E-state index contributed by atoms with van der Waals surface area (Å²) in [5.41, 5.74) is 17.1. The van der Waals surface area contributed by atoms with Crippen LogP contribution in [0.25, 0.3) is 77.9 Å². The second kappa shape index (κ2) is 15.5. The molecule has 0 spiro atoms. The van der Waals surface area contributed by atoms with Gasteiger partial charge in [-0.25, -0.2) is 0 Å². The van der Waals surface area contributed by atoms with Crippen LogP contribution >= 0.6 is 0 Å². The molecule has 9 aromatic carbocycles. The van der Waals surface area contributed by atoms with E-state index in [-0.39, 0.29) is 0 Å². The average Bonchev–Trinajstić information content (AvgIpc) is 3.75. The Bertz CT molecular complexity index is 2950. The van der Waals surface area contributed by atoms with Crippen LogP contribution < -0.4 is 4.90 Å². The van der Waals surface area contributed by atoms with Gasteiger partial charge in [-0.1, -0.05) is 188 Å². The molecular formula is C56H39NO. The molecule has 0 unspecified atom stereocenters. The molecule has 274 valence electrons. The topological polar surface area (TPSA) is 16.4 Å². The summed E-state index contributed by atoms with van der Waals surface area (Å²) >= 11 is 0. The molecule has 0 N–H and O–H groups in total. The number of furan rings is 1. The van der Waals surface area contributed by atoms with E-state index in [1.807, 2.05) is 18.2 Å². The van der Waals surface area contributed by atoms with Crippen LogP contribution in [0, 0.1) is 0 Å². The van der Waals surface area contributed by atoms with Crippen LogP contribution in [0.3, 0.4) is 0 Å². The first kappa shape index (κ1) is 34.8. The van der Waals surface area contributed by atoms with Crippen molar-refractivity contribution in [1.29, 1.82) is 0 Å². The number of anilines is 3. The van der Waals surface area contributed by atoms with E-state index >= 15 is 0 Å². The zero-order chi connectivity index (χ0) is 38.7. The Labute approximate surface area is 339 Å². The van der Waals surface area contributed by atoms with Gasteiger partial charge in [0.15, 0.2) is 0 Å². The molecule has 10 aromatic rings. The quantitative estimate of drug-likeness (QED) is 0.146. The van der Waals surface area contributed by atoms with Crippen molar-refractivity contribution < 1.29 is 4.42 Å². The maximum absolute atomic E-state index is 6.34. The lowest BCUT2D eigenvalue weighted by Gasteiger charge is -2.26. The average molecular weight is 742 g/mol. The fraction of sp³-hybridized carbons (Fsp3) is 0. The number of hydrogen-bond donors (Lipinski definition) is 0. The summed E-state index contributed by atoms with van der Waals surface area (Å²) in [4.78, 5) is 2.33. The van der Waals surface area contributed by atoms with Crippen molar-refractivity contribution in [3.63, 3.8) is 0 Å². The first-order chi connectivity index (χ1) is 28.8. The minimum atomic E-state index is 0.846. The summed E-state index contributed by atoms with van der Waals surface area (Å²) in [6.45, 7) is 0. The van der Waals surface area contributed by atoms with Crippen LogP contribution in [0.1, 0.15) is 0 Å². The maximum Gasteiger partial charge on any atom is 0.135 e. The summed E-state index contributed by atoms with van der Waals surface area (Å²) in [6, 6.07) is 84.2. The molecule has 10 rings (SSSR count). The molecule has 1 aromatic heterocycles. The molecule has 0 aliphatic carbocycles. The number of rotatable bonds is 9. The molecule has 0 saturated heterocycles. The molecule has 2 nitrogen and oxygen atoms in total. The molecule has 1 heterocycles. The Morgan fingerprint density at radius 3 is 1.16 bits per heavy atom. The highest BCUT2D eigenvalue weighted by Gasteiger charge is 2.18. The van der Waals surface area contributed by atoms with Crippen molar-refractivity contribution in [3.8, 4) is 67.0 Å². The van der Waals surface area contributed by atoms with Gasteiger partial charge in [0.05, 0.1) is 0 Å². The molecule has 0 aliphatic rings. The summed E-state index contributed by atoms with van der Waals surface area (Å²) in [6.07, 6.45) is 0. The Hall–Kier alpha value is -7.68. The summed E-state index contributed by atoms with van der Waals surface area (Å²) in [5.74, 6) is 0.846. The van der Waals surface area contributed by atoms with Crippen LogP contribution in [-0.2, 0) is 0 Å². The van der Waals surface area contributed by atoms with Gasteiger partial charge in [-0.05, 0) is 104 Å². The fourth-order valence-corrected chi connectivity index (χ4v) is 8.11. The summed E-state index contributed by atoms with van der Waals surface area (Å²) in [7, 11) is 0. The zero-order valence-corrected chi connectivity index (χ0v) is 31.9. The standard InChI is InChI=1S/C56H39NO/c1-3-16-40(17-4-1)49-23-8-9-24-50(49)42-30-34-46(35-31-42)57(48-22-15-21-44(38-48)56-39-45-20-7-14-29-55(45)58-56)47-36-32-43(33-37-47)52-26-11-13-28-54(52)53-27-12-10-25-51(53)41-18-5-2-6-19-41/h1-39H. The third-order valence-electron chi connectivity index (χ3n) is 10.9. The van der Waals surface area contributed by atoms with Crippen molar-refractivity contribution in [1.82, 2.24) is 0 Å². The van der Waals surface area contributed by atoms with Gasteiger partial charge in [0.25, 0.3) is 0 Å². The lowest BCUT2D eigenvalue weighted by Crippen LogP contribution is -2.10. The molecule has 0 atom stereocenters. The Morgan fingerprint density at radius 2 is 0.655 bits per heavy atom. The van der Waals surface area contributed by atoms with Gasteiger partial charge < -0.3 is 9.32 Å². The van der Waals surface area contributed by atoms with Crippen LogP contribution in [0.15, 0.2) is 241 Å². The molecule has 0 amide bonds. The molecule has 58 heavy (non-hydrogen) atoms. The molecule has 0 aliphatic heterocycles. The van der Waals surface area contributed by atoms with Gasteiger partial charge in [0.2, 0.25) is 0 Å². The Morgan fingerprint density at radius 1 is 0.259 bits per heavy atom. The number of hydrogen-bond acceptors (Lipinski definition) is 2. The number of fused-ring (bicyclic) bond motifs is 1. The minimum absolute atomic E-state index is 0.846. The number of benzene rings is 9. The monoisotopic (exact) mass is 741 g/mol. The number of para-hydroxylation sites is 1. The normalized spacial score (nSPS) is 11.1. The van der Waals surface area contributed by atoms with Gasteiger partial charge in [0.1, 0.15) is 11.3 Å². The Balaban J connectivity index is 1.06. The highest BCUT2D eigenvalue weighted by atomic mass is 16.3. The van der Waals surface area contributed by atoms with E-state index in [0.29, 0.717) is 0 Å². The van der Waals surface area contributed by atoms with E-state index < -0.39 is 0 Å². The maximum atomic E-state index is 6.34. The largest absolute Gasteiger partial charge is 0.456 e. The van der Waals surface area contributed by atoms with Crippen molar-refractivity contribution in [2.24, 2.45) is 0 Å². The zero-order valence-electron chi connectivity index (χ0n) is 31.9. The van der Waals surface area contributed by atoms with Gasteiger partial charge >= 0.3 is 0 Å². The van der Waals surface area contributed by atoms with Crippen LogP contribution in [0.4, 0.5) is 17.1 Å². The molecule has 0 fully saturated rings. The lowest BCUT2D eigenvalue weighted by atomic mass is 9.89. The van der Waals surface area contributed by atoms with Crippen molar-refractivity contribution in [3.05, 3.63) is 237 Å². The van der Waals surface area contributed by atoms with Gasteiger partial charge in [0, 0.05) is 28.0 Å². The van der Waals surface area contributed by atoms with E-state index in [4.69, 9.17) is 4.42 Å².